The molecule has 1 unspecified atom stereocenters. The Balaban J connectivity index is 2.13. The Morgan fingerprint density at radius 1 is 1.33 bits per heavy atom. The quantitative estimate of drug-likeness (QED) is 0.561. The van der Waals surface area contributed by atoms with Crippen LogP contribution in [-0.2, 0) is 9.53 Å². The van der Waals surface area contributed by atoms with Gasteiger partial charge in [0.25, 0.3) is 0 Å². The molecule has 1 aromatic carbocycles. The van der Waals surface area contributed by atoms with Gasteiger partial charge >= 0.3 is 11.9 Å². The Morgan fingerprint density at radius 3 is 2.52 bits per heavy atom. The van der Waals surface area contributed by atoms with Gasteiger partial charge in [-0.15, -0.1) is 9.24 Å². The van der Waals surface area contributed by atoms with Crippen molar-refractivity contribution in [3.05, 3.63) is 17.7 Å². The van der Waals surface area contributed by atoms with Gasteiger partial charge < -0.3 is 19.3 Å². The summed E-state index contributed by atoms with van der Waals surface area (Å²) in [5, 5.41) is 19.1. The molecule has 7 nitrogen and oxygen atoms in total. The van der Waals surface area contributed by atoms with E-state index in [4.69, 9.17) is 19.5 Å². The van der Waals surface area contributed by atoms with E-state index < -0.39 is 11.4 Å². The van der Waals surface area contributed by atoms with Gasteiger partial charge in [0.1, 0.15) is 17.1 Å². The lowest BCUT2D eigenvalue weighted by molar-refractivity contribution is -0.158. The summed E-state index contributed by atoms with van der Waals surface area (Å²) in [5.41, 5.74) is -0.750. The monoisotopic (exact) mass is 393 g/mol. The second-order valence-electron chi connectivity index (χ2n) is 6.55. The third-order valence-electron chi connectivity index (χ3n) is 4.87. The molecule has 1 atom stereocenters. The van der Waals surface area contributed by atoms with Crippen LogP contribution in [0.25, 0.3) is 0 Å². The van der Waals surface area contributed by atoms with Crippen LogP contribution in [-0.4, -0.2) is 36.9 Å². The van der Waals surface area contributed by atoms with Gasteiger partial charge in [-0.1, -0.05) is 0 Å². The first-order valence-corrected chi connectivity index (χ1v) is 9.36. The summed E-state index contributed by atoms with van der Waals surface area (Å²) in [6, 6.07) is 5.15. The molecule has 1 aromatic rings. The highest BCUT2D eigenvalue weighted by Gasteiger charge is 2.43. The highest BCUT2D eigenvalue weighted by Crippen LogP contribution is 2.41. The van der Waals surface area contributed by atoms with E-state index >= 15 is 0 Å². The van der Waals surface area contributed by atoms with Crippen molar-refractivity contribution >= 4 is 26.5 Å². The van der Waals surface area contributed by atoms with Crippen molar-refractivity contribution in [2.45, 2.75) is 45.1 Å². The minimum Gasteiger partial charge on any atom is -0.496 e. The molecule has 146 valence electrons. The van der Waals surface area contributed by atoms with Crippen LogP contribution < -0.4 is 14.8 Å². The van der Waals surface area contributed by atoms with E-state index in [0.29, 0.717) is 36.7 Å². The molecule has 0 spiro atoms. The number of rotatable bonds is 7. The first kappa shape index (κ1) is 21.0. The van der Waals surface area contributed by atoms with Gasteiger partial charge in [0, 0.05) is 5.30 Å². The molecule has 0 saturated heterocycles. The number of aromatic carboxylic acids is 1. The second-order valence-corrected chi connectivity index (χ2v) is 7.17. The molecule has 1 N–H and O–H groups in total. The zero-order valence-corrected chi connectivity index (χ0v) is 16.6. The maximum Gasteiger partial charge on any atom is 0.339 e. The molecule has 1 saturated carbocycles. The number of nitriles is 1. The first-order chi connectivity index (χ1) is 12.9. The molecule has 27 heavy (non-hydrogen) atoms. The lowest BCUT2D eigenvalue weighted by Crippen LogP contribution is -2.39. The Morgan fingerprint density at radius 2 is 2.00 bits per heavy atom. The van der Waals surface area contributed by atoms with Crippen molar-refractivity contribution in [2.24, 2.45) is 5.41 Å². The van der Waals surface area contributed by atoms with E-state index in [0.717, 1.165) is 0 Å². The lowest BCUT2D eigenvalue weighted by atomic mass is 9.71. The Hall–Kier alpha value is -2.32. The van der Waals surface area contributed by atoms with Crippen LogP contribution in [0.5, 0.6) is 11.5 Å². The fraction of sp³-hybridized carbons (Fsp3) is 0.526. The van der Waals surface area contributed by atoms with Crippen LogP contribution in [0, 0.1) is 16.7 Å². The van der Waals surface area contributed by atoms with E-state index in [1.165, 1.54) is 13.2 Å². The minimum absolute atomic E-state index is 0.0276. The average molecular weight is 393 g/mol. The Labute approximate surface area is 160 Å². The number of hydrogen-bond acceptors (Lipinski definition) is 6. The summed E-state index contributed by atoms with van der Waals surface area (Å²) in [4.78, 5) is 23.7. The van der Waals surface area contributed by atoms with Gasteiger partial charge in [-0.3, -0.25) is 4.79 Å². The molecule has 0 radical (unpaired) electrons. The van der Waals surface area contributed by atoms with E-state index in [1.807, 2.05) is 0 Å². The number of nitrogens with zero attached hydrogens (tertiary/aromatic N) is 1. The van der Waals surface area contributed by atoms with E-state index in [2.05, 4.69) is 15.3 Å². The molecule has 0 aliphatic heterocycles. The van der Waals surface area contributed by atoms with Gasteiger partial charge in [-0.2, -0.15) is 5.26 Å². The maximum atomic E-state index is 12.3. The number of carbonyl (C=O) groups excluding carboxylic acids is 1. The van der Waals surface area contributed by atoms with Crippen LogP contribution in [0.3, 0.4) is 0 Å². The van der Waals surface area contributed by atoms with Crippen LogP contribution in [0.2, 0.25) is 0 Å². The van der Waals surface area contributed by atoms with Gasteiger partial charge in [0.05, 0.1) is 37.7 Å². The van der Waals surface area contributed by atoms with Gasteiger partial charge in [0.2, 0.25) is 0 Å². The fourth-order valence-electron chi connectivity index (χ4n) is 3.34. The highest BCUT2D eigenvalue weighted by atomic mass is 31.0. The average Bonchev–Trinajstić information content (AvgIpc) is 2.64. The second kappa shape index (κ2) is 9.05. The molecular formula is C19H24NO6P. The summed E-state index contributed by atoms with van der Waals surface area (Å²) in [7, 11) is 3.93. The van der Waals surface area contributed by atoms with Crippen LogP contribution in [0.4, 0.5) is 0 Å². The molecule has 2 rings (SSSR count). The first-order valence-electron chi connectivity index (χ1n) is 8.78. The molecular weight excluding hydrogens is 369 g/mol. The minimum atomic E-state index is -1.10. The largest absolute Gasteiger partial charge is 0.496 e. The highest BCUT2D eigenvalue weighted by molar-refractivity contribution is 7.27. The maximum absolute atomic E-state index is 12.3. The zero-order chi connectivity index (χ0) is 20.0. The Bertz CT molecular complexity index is 749. The predicted octanol–water partition coefficient (Wildman–Crippen LogP) is 2.68. The standard InChI is InChI=1S/C19H24NO6P/c1-3-25-18(23)19(8-9-20)6-4-12(5-7-19)26-15-10-13(17(21)22)14(24-2)11-16(15)27/h10-12H,3-8,27H2,1-2H3,(H,21,22)/t12-,19+. The number of carboxylic acid groups (broad SMARTS) is 1. The summed E-state index contributed by atoms with van der Waals surface area (Å²) in [6.45, 7) is 2.03. The topological polar surface area (TPSA) is 106 Å². The van der Waals surface area contributed by atoms with Gasteiger partial charge in [-0.25, -0.2) is 4.79 Å². The zero-order valence-electron chi connectivity index (χ0n) is 15.5. The van der Waals surface area contributed by atoms with Crippen molar-refractivity contribution in [1.29, 1.82) is 5.26 Å². The number of carboxylic acids is 1. The number of carbonyl (C=O) groups is 2. The smallest absolute Gasteiger partial charge is 0.339 e. The molecule has 0 aromatic heterocycles. The van der Waals surface area contributed by atoms with Crippen LogP contribution in [0.1, 0.15) is 49.4 Å². The summed E-state index contributed by atoms with van der Waals surface area (Å²) in [6.07, 6.45) is 2.12. The molecule has 8 heteroatoms. The van der Waals surface area contributed by atoms with Crippen molar-refractivity contribution in [1.82, 2.24) is 0 Å². The van der Waals surface area contributed by atoms with E-state index in [9.17, 15) is 14.7 Å². The lowest BCUT2D eigenvalue weighted by Gasteiger charge is -2.36. The van der Waals surface area contributed by atoms with Crippen molar-refractivity contribution in [3.63, 3.8) is 0 Å². The molecule has 0 amide bonds. The van der Waals surface area contributed by atoms with Crippen molar-refractivity contribution in [2.75, 3.05) is 13.7 Å². The molecule has 0 bridgehead atoms. The summed E-state index contributed by atoms with van der Waals surface area (Å²) in [5.74, 6) is -0.707. The number of hydrogen-bond donors (Lipinski definition) is 1. The van der Waals surface area contributed by atoms with Crippen LogP contribution in [0.15, 0.2) is 12.1 Å². The molecule has 1 aliphatic rings. The fourth-order valence-corrected chi connectivity index (χ4v) is 3.65. The van der Waals surface area contributed by atoms with E-state index in [-0.39, 0.29) is 36.4 Å². The summed E-state index contributed by atoms with van der Waals surface area (Å²) < 4.78 is 16.3. The van der Waals surface area contributed by atoms with Gasteiger partial charge in [-0.05, 0) is 44.7 Å². The predicted molar refractivity (Wildman–Crippen MR) is 101 cm³/mol. The van der Waals surface area contributed by atoms with Crippen LogP contribution >= 0.6 is 9.24 Å². The number of ether oxygens (including phenoxy) is 3. The third kappa shape index (κ3) is 4.70. The van der Waals surface area contributed by atoms with E-state index in [1.54, 1.807) is 13.0 Å². The molecule has 1 fully saturated rings. The number of benzene rings is 1. The molecule has 1 aliphatic carbocycles. The van der Waals surface area contributed by atoms with Crippen molar-refractivity contribution in [3.8, 4) is 17.6 Å². The normalized spacial score (nSPS) is 21.8. The SMILES string of the molecule is CCOC(=O)[C@]1(CC#N)CC[C@H](Oc2cc(C(=O)O)c(OC)cc2P)CC1. The number of esters is 1. The number of methoxy groups -OCH3 is 1. The van der Waals surface area contributed by atoms with Crippen molar-refractivity contribution < 1.29 is 28.9 Å². The van der Waals surface area contributed by atoms with Gasteiger partial charge in [0.15, 0.2) is 0 Å². The Kier molecular flexibility index (Phi) is 7.04. The summed E-state index contributed by atoms with van der Waals surface area (Å²) >= 11 is 0. The third-order valence-corrected chi connectivity index (χ3v) is 5.32. The molecule has 0 heterocycles.